The van der Waals surface area contributed by atoms with Crippen LogP contribution in [0.25, 0.3) is 22.3 Å². The average molecular weight is 379 g/mol. The molecule has 5 heteroatoms. The van der Waals surface area contributed by atoms with Gasteiger partial charge in [-0.05, 0) is 32.8 Å². The maximum atomic E-state index is 13.7. The van der Waals surface area contributed by atoms with Crippen LogP contribution in [-0.4, -0.2) is 38.2 Å². The van der Waals surface area contributed by atoms with Gasteiger partial charge in [-0.2, -0.15) is 5.10 Å². The van der Waals surface area contributed by atoms with Gasteiger partial charge in [0.15, 0.2) is 5.65 Å². The number of nitrogens with zero attached hydrogens (tertiary/aromatic N) is 4. The van der Waals surface area contributed by atoms with Crippen LogP contribution in [0, 0.1) is 6.92 Å². The highest BCUT2D eigenvalue weighted by Crippen LogP contribution is 2.28. The minimum atomic E-state index is 0.0727. The smallest absolute Gasteiger partial charge is 0.254 e. The van der Waals surface area contributed by atoms with Crippen LogP contribution in [0.3, 0.4) is 0 Å². The van der Waals surface area contributed by atoms with Gasteiger partial charge in [-0.25, -0.2) is 4.98 Å². The third-order valence-corrected chi connectivity index (χ3v) is 5.40. The van der Waals surface area contributed by atoms with E-state index in [2.05, 4.69) is 25.9 Å². The van der Waals surface area contributed by atoms with E-state index in [1.807, 2.05) is 55.3 Å². The molecule has 1 unspecified atom stereocenters. The minimum absolute atomic E-state index is 0.0727. The SMILES string of the molecule is CCCCN(C(=O)c1cc(-c2ccccc2)nc2c1c(C)nn2C)C(C)CC. The summed E-state index contributed by atoms with van der Waals surface area (Å²) in [6, 6.07) is 12.1. The summed E-state index contributed by atoms with van der Waals surface area (Å²) in [5, 5.41) is 5.40. The van der Waals surface area contributed by atoms with Crippen LogP contribution in [0.4, 0.5) is 0 Å². The predicted octanol–water partition coefficient (Wildman–Crippen LogP) is 4.98. The summed E-state index contributed by atoms with van der Waals surface area (Å²) in [5.41, 5.74) is 4.10. The maximum absolute atomic E-state index is 13.7. The van der Waals surface area contributed by atoms with Gasteiger partial charge < -0.3 is 4.90 Å². The first kappa shape index (κ1) is 20.1. The van der Waals surface area contributed by atoms with E-state index in [-0.39, 0.29) is 11.9 Å². The molecule has 1 amide bonds. The second-order valence-corrected chi connectivity index (χ2v) is 7.44. The second-order valence-electron chi connectivity index (χ2n) is 7.44. The van der Waals surface area contributed by atoms with Crippen molar-refractivity contribution in [1.29, 1.82) is 0 Å². The van der Waals surface area contributed by atoms with Crippen molar-refractivity contribution >= 4 is 16.9 Å². The molecule has 0 radical (unpaired) electrons. The number of unbranched alkanes of at least 4 members (excludes halogenated alkanes) is 1. The Morgan fingerprint density at radius 2 is 1.93 bits per heavy atom. The molecule has 1 atom stereocenters. The summed E-state index contributed by atoms with van der Waals surface area (Å²) >= 11 is 0. The number of hydrogen-bond donors (Lipinski definition) is 0. The molecular weight excluding hydrogens is 348 g/mol. The quantitative estimate of drug-likeness (QED) is 0.582. The number of aromatic nitrogens is 3. The molecule has 0 aliphatic heterocycles. The van der Waals surface area contributed by atoms with E-state index < -0.39 is 0 Å². The molecule has 0 N–H and O–H groups in total. The van der Waals surface area contributed by atoms with Crippen molar-refractivity contribution in [3.63, 3.8) is 0 Å². The fourth-order valence-corrected chi connectivity index (χ4v) is 3.60. The molecule has 5 nitrogen and oxygen atoms in total. The van der Waals surface area contributed by atoms with Crippen molar-refractivity contribution in [2.45, 2.75) is 53.0 Å². The van der Waals surface area contributed by atoms with Gasteiger partial charge in [0.2, 0.25) is 0 Å². The number of pyridine rings is 1. The number of carbonyl (C=O) groups excluding carboxylic acids is 1. The van der Waals surface area contributed by atoms with Crippen LogP contribution in [0.15, 0.2) is 36.4 Å². The molecule has 0 bridgehead atoms. The summed E-state index contributed by atoms with van der Waals surface area (Å²) < 4.78 is 1.77. The van der Waals surface area contributed by atoms with Crippen molar-refractivity contribution in [3.05, 3.63) is 47.7 Å². The molecule has 2 heterocycles. The Kier molecular flexibility index (Phi) is 6.12. The van der Waals surface area contributed by atoms with Gasteiger partial charge in [-0.3, -0.25) is 9.48 Å². The van der Waals surface area contributed by atoms with Crippen LogP contribution in [0.5, 0.6) is 0 Å². The van der Waals surface area contributed by atoms with E-state index in [9.17, 15) is 4.79 Å². The van der Waals surface area contributed by atoms with Crippen molar-refractivity contribution in [2.24, 2.45) is 7.05 Å². The van der Waals surface area contributed by atoms with Gasteiger partial charge in [0.1, 0.15) is 0 Å². The van der Waals surface area contributed by atoms with E-state index in [1.165, 1.54) is 0 Å². The Balaban J connectivity index is 2.18. The third kappa shape index (κ3) is 3.79. The van der Waals surface area contributed by atoms with Crippen molar-refractivity contribution < 1.29 is 4.79 Å². The number of fused-ring (bicyclic) bond motifs is 1. The molecule has 28 heavy (non-hydrogen) atoms. The van der Waals surface area contributed by atoms with Crippen LogP contribution in [0.1, 0.15) is 56.1 Å². The summed E-state index contributed by atoms with van der Waals surface area (Å²) in [6.07, 6.45) is 3.00. The number of carbonyl (C=O) groups is 1. The van der Waals surface area contributed by atoms with Gasteiger partial charge in [0, 0.05) is 25.2 Å². The summed E-state index contributed by atoms with van der Waals surface area (Å²) in [5.74, 6) is 0.0727. The van der Waals surface area contributed by atoms with Gasteiger partial charge in [-0.1, -0.05) is 50.6 Å². The zero-order valence-corrected chi connectivity index (χ0v) is 17.6. The normalized spacial score (nSPS) is 12.3. The molecule has 1 aromatic carbocycles. The first-order chi connectivity index (χ1) is 13.5. The molecule has 2 aromatic heterocycles. The molecule has 148 valence electrons. The van der Waals surface area contributed by atoms with E-state index in [1.54, 1.807) is 4.68 Å². The lowest BCUT2D eigenvalue weighted by Crippen LogP contribution is -2.39. The Morgan fingerprint density at radius 3 is 2.57 bits per heavy atom. The van der Waals surface area contributed by atoms with E-state index >= 15 is 0 Å². The molecule has 0 saturated heterocycles. The van der Waals surface area contributed by atoms with Crippen molar-refractivity contribution in [3.8, 4) is 11.3 Å². The van der Waals surface area contributed by atoms with Gasteiger partial charge >= 0.3 is 0 Å². The zero-order chi connectivity index (χ0) is 20.3. The second kappa shape index (κ2) is 8.55. The lowest BCUT2D eigenvalue weighted by Gasteiger charge is -2.29. The molecule has 0 aliphatic rings. The van der Waals surface area contributed by atoms with Crippen molar-refractivity contribution in [1.82, 2.24) is 19.7 Å². The fourth-order valence-electron chi connectivity index (χ4n) is 3.60. The molecule has 3 aromatic rings. The molecule has 0 saturated carbocycles. The summed E-state index contributed by atoms with van der Waals surface area (Å²) in [6.45, 7) is 9.13. The van der Waals surface area contributed by atoms with Gasteiger partial charge in [-0.15, -0.1) is 0 Å². The molecular formula is C23H30N4O. The lowest BCUT2D eigenvalue weighted by molar-refractivity contribution is 0.0687. The van der Waals surface area contributed by atoms with E-state index in [4.69, 9.17) is 4.98 Å². The van der Waals surface area contributed by atoms with Crippen LogP contribution in [0.2, 0.25) is 0 Å². The van der Waals surface area contributed by atoms with Crippen LogP contribution < -0.4 is 0 Å². The zero-order valence-electron chi connectivity index (χ0n) is 17.6. The Hall–Kier alpha value is -2.69. The summed E-state index contributed by atoms with van der Waals surface area (Å²) in [4.78, 5) is 20.5. The molecule has 3 rings (SSSR count). The fraction of sp³-hybridized carbons (Fsp3) is 0.435. The topological polar surface area (TPSA) is 51.0 Å². The first-order valence-electron chi connectivity index (χ1n) is 10.2. The third-order valence-electron chi connectivity index (χ3n) is 5.40. The highest BCUT2D eigenvalue weighted by atomic mass is 16.2. The molecule has 0 spiro atoms. The van der Waals surface area contributed by atoms with Gasteiger partial charge in [0.25, 0.3) is 5.91 Å². The minimum Gasteiger partial charge on any atom is -0.336 e. The Labute approximate surface area is 167 Å². The lowest BCUT2D eigenvalue weighted by atomic mass is 10.0. The number of amides is 1. The van der Waals surface area contributed by atoms with Crippen LogP contribution in [-0.2, 0) is 7.05 Å². The Bertz CT molecular complexity index is 962. The van der Waals surface area contributed by atoms with Crippen molar-refractivity contribution in [2.75, 3.05) is 6.54 Å². The highest BCUT2D eigenvalue weighted by Gasteiger charge is 2.25. The number of aryl methyl sites for hydroxylation is 2. The number of rotatable bonds is 7. The first-order valence-corrected chi connectivity index (χ1v) is 10.2. The standard InChI is InChI=1S/C23H30N4O/c1-6-8-14-27(16(3)7-2)23(28)19-15-20(18-12-10-9-11-13-18)24-22-21(19)17(4)25-26(22)5/h9-13,15-16H,6-8,14H2,1-5H3. The molecule has 0 fully saturated rings. The molecule has 0 aliphatic carbocycles. The van der Waals surface area contributed by atoms with E-state index in [0.717, 1.165) is 53.8 Å². The number of hydrogen-bond acceptors (Lipinski definition) is 3. The van der Waals surface area contributed by atoms with Gasteiger partial charge in [0.05, 0.1) is 22.3 Å². The number of benzene rings is 1. The summed E-state index contributed by atoms with van der Waals surface area (Å²) in [7, 11) is 1.88. The average Bonchev–Trinajstić information content (AvgIpc) is 3.01. The maximum Gasteiger partial charge on any atom is 0.254 e. The Morgan fingerprint density at radius 1 is 1.21 bits per heavy atom. The monoisotopic (exact) mass is 378 g/mol. The largest absolute Gasteiger partial charge is 0.336 e. The van der Waals surface area contributed by atoms with Crippen LogP contribution >= 0.6 is 0 Å². The highest BCUT2D eigenvalue weighted by molar-refractivity contribution is 6.07. The van der Waals surface area contributed by atoms with E-state index in [0.29, 0.717) is 5.56 Å². The predicted molar refractivity (Wildman–Crippen MR) is 114 cm³/mol.